The van der Waals surface area contributed by atoms with Crippen molar-refractivity contribution in [3.05, 3.63) is 0 Å². The van der Waals surface area contributed by atoms with Crippen LogP contribution in [-0.4, -0.2) is 0 Å². The number of hydrogen-bond donors (Lipinski definition) is 0. The van der Waals surface area contributed by atoms with E-state index in [1.54, 1.807) is 154 Å². The average Bonchev–Trinajstić information content (AvgIpc) is 3.05. The molecule has 6 rings (SSSR count). The molecular formula is C42H74. The Bertz CT molecular complexity index is 656. The third kappa shape index (κ3) is 9.05. The van der Waals surface area contributed by atoms with Gasteiger partial charge in [-0.3, -0.25) is 0 Å². The summed E-state index contributed by atoms with van der Waals surface area (Å²) in [5.41, 5.74) is 0. The van der Waals surface area contributed by atoms with E-state index in [1.165, 1.54) is 25.7 Å². The monoisotopic (exact) mass is 579 g/mol. The summed E-state index contributed by atoms with van der Waals surface area (Å²) < 4.78 is 0. The summed E-state index contributed by atoms with van der Waals surface area (Å²) in [6.45, 7) is 4.96. The van der Waals surface area contributed by atoms with E-state index >= 15 is 0 Å². The van der Waals surface area contributed by atoms with E-state index in [9.17, 15) is 0 Å². The van der Waals surface area contributed by atoms with Gasteiger partial charge < -0.3 is 0 Å². The van der Waals surface area contributed by atoms with Gasteiger partial charge in [-0.25, -0.2) is 0 Å². The number of rotatable bonds is 9. The molecule has 6 aliphatic carbocycles. The SMILES string of the molecule is CC1CCC(C2CCC(CCC3CCC(C4CCC(CCC5CCC(C6CCC(C)CC6)CC5)CC4)CC3)CC2)CC1. The standard InChI is InChI=1S/C42H74/c1-31-3-19-37(20-4-31)39-23-11-33(12-24-39)7-9-35-15-27-41(28-16-35)42-29-17-36(18-30-42)10-8-34-13-25-40(26-14-34)38-21-5-32(2)6-22-38/h31-42H,3-30H2,1-2H3. The van der Waals surface area contributed by atoms with Gasteiger partial charge in [0.25, 0.3) is 0 Å². The van der Waals surface area contributed by atoms with Gasteiger partial charge in [-0.1, -0.05) is 117 Å². The minimum atomic E-state index is 1.02. The van der Waals surface area contributed by atoms with Crippen LogP contribution in [0.2, 0.25) is 0 Å². The van der Waals surface area contributed by atoms with Crippen molar-refractivity contribution in [1.29, 1.82) is 0 Å². The molecule has 0 heteroatoms. The zero-order valence-electron chi connectivity index (χ0n) is 28.7. The lowest BCUT2D eigenvalue weighted by Crippen LogP contribution is -2.27. The molecule has 0 saturated heterocycles. The Morgan fingerprint density at radius 1 is 0.238 bits per heavy atom. The molecule has 6 fully saturated rings. The lowest BCUT2D eigenvalue weighted by Gasteiger charge is -2.39. The third-order valence-electron chi connectivity index (χ3n) is 15.7. The van der Waals surface area contributed by atoms with E-state index in [0.29, 0.717) is 0 Å². The van der Waals surface area contributed by atoms with Crippen LogP contribution in [0.25, 0.3) is 0 Å². The molecule has 0 amide bonds. The van der Waals surface area contributed by atoms with Crippen LogP contribution in [0.5, 0.6) is 0 Å². The van der Waals surface area contributed by atoms with Crippen LogP contribution >= 0.6 is 0 Å². The van der Waals surface area contributed by atoms with Crippen LogP contribution < -0.4 is 0 Å². The molecule has 0 aromatic carbocycles. The summed E-state index contributed by atoms with van der Waals surface area (Å²) >= 11 is 0. The van der Waals surface area contributed by atoms with Crippen LogP contribution in [0.1, 0.15) is 194 Å². The molecular weight excluding hydrogens is 504 g/mol. The Morgan fingerprint density at radius 2 is 0.405 bits per heavy atom. The van der Waals surface area contributed by atoms with Crippen LogP contribution in [0.15, 0.2) is 0 Å². The van der Waals surface area contributed by atoms with Crippen LogP contribution in [0, 0.1) is 71.0 Å². The van der Waals surface area contributed by atoms with E-state index in [1.807, 2.05) is 0 Å². The summed E-state index contributed by atoms with van der Waals surface area (Å²) in [5, 5.41) is 0. The summed E-state index contributed by atoms with van der Waals surface area (Å²) in [6, 6.07) is 0. The van der Waals surface area contributed by atoms with E-state index in [-0.39, 0.29) is 0 Å². The van der Waals surface area contributed by atoms with Crippen molar-refractivity contribution in [2.75, 3.05) is 0 Å². The maximum atomic E-state index is 2.48. The topological polar surface area (TPSA) is 0 Å². The van der Waals surface area contributed by atoms with Crippen LogP contribution in [-0.2, 0) is 0 Å². The first kappa shape index (κ1) is 32.0. The van der Waals surface area contributed by atoms with Crippen molar-refractivity contribution in [3.63, 3.8) is 0 Å². The Balaban J connectivity index is 0.794. The van der Waals surface area contributed by atoms with Gasteiger partial charge in [-0.05, 0) is 148 Å². The molecule has 0 spiro atoms. The summed E-state index contributed by atoms with van der Waals surface area (Å²) in [5.74, 6) is 13.0. The van der Waals surface area contributed by atoms with E-state index in [2.05, 4.69) is 13.8 Å². The van der Waals surface area contributed by atoms with Crippen molar-refractivity contribution in [1.82, 2.24) is 0 Å². The molecule has 0 aliphatic heterocycles. The second-order valence-corrected chi connectivity index (χ2v) is 18.3. The maximum Gasteiger partial charge on any atom is -0.0386 e. The smallest absolute Gasteiger partial charge is 0.0386 e. The van der Waals surface area contributed by atoms with Crippen molar-refractivity contribution >= 4 is 0 Å². The molecule has 242 valence electrons. The highest BCUT2D eigenvalue weighted by Crippen LogP contribution is 2.47. The largest absolute Gasteiger partial charge is 0.0625 e. The quantitative estimate of drug-likeness (QED) is 0.255. The fourth-order valence-corrected chi connectivity index (χ4v) is 12.3. The minimum absolute atomic E-state index is 1.02. The van der Waals surface area contributed by atoms with Crippen LogP contribution in [0.3, 0.4) is 0 Å². The Hall–Kier alpha value is 0. The fourth-order valence-electron chi connectivity index (χ4n) is 12.3. The fraction of sp³-hybridized carbons (Fsp3) is 1.00. The van der Waals surface area contributed by atoms with Crippen molar-refractivity contribution < 1.29 is 0 Å². The van der Waals surface area contributed by atoms with Gasteiger partial charge in [0.1, 0.15) is 0 Å². The summed E-state index contributed by atoms with van der Waals surface area (Å²) in [4.78, 5) is 0. The maximum absolute atomic E-state index is 2.48. The molecule has 0 radical (unpaired) electrons. The van der Waals surface area contributed by atoms with Crippen LogP contribution in [0.4, 0.5) is 0 Å². The lowest BCUT2D eigenvalue weighted by atomic mass is 9.66. The molecule has 6 aliphatic rings. The second kappa shape index (κ2) is 16.0. The Labute approximate surface area is 264 Å². The Morgan fingerprint density at radius 3 is 0.595 bits per heavy atom. The Kier molecular flexibility index (Phi) is 12.2. The van der Waals surface area contributed by atoms with Gasteiger partial charge in [0, 0.05) is 0 Å². The molecule has 0 aromatic rings. The van der Waals surface area contributed by atoms with Gasteiger partial charge in [0.15, 0.2) is 0 Å². The number of hydrogen-bond acceptors (Lipinski definition) is 0. The predicted molar refractivity (Wildman–Crippen MR) is 183 cm³/mol. The first-order chi connectivity index (χ1) is 20.6. The second-order valence-electron chi connectivity index (χ2n) is 18.3. The molecule has 6 saturated carbocycles. The molecule has 42 heavy (non-hydrogen) atoms. The predicted octanol–water partition coefficient (Wildman–Crippen LogP) is 13.4. The average molecular weight is 579 g/mol. The zero-order valence-corrected chi connectivity index (χ0v) is 28.7. The minimum Gasteiger partial charge on any atom is -0.0625 e. The van der Waals surface area contributed by atoms with Gasteiger partial charge in [-0.2, -0.15) is 0 Å². The summed E-state index contributed by atoms with van der Waals surface area (Å²) in [6.07, 6.45) is 44.0. The highest BCUT2D eigenvalue weighted by atomic mass is 14.4. The van der Waals surface area contributed by atoms with Gasteiger partial charge in [-0.15, -0.1) is 0 Å². The molecule has 0 nitrogen and oxygen atoms in total. The molecule has 0 unspecified atom stereocenters. The van der Waals surface area contributed by atoms with E-state index in [0.717, 1.165) is 71.0 Å². The first-order valence-corrected chi connectivity index (χ1v) is 20.6. The molecule has 0 bridgehead atoms. The molecule has 0 heterocycles. The summed E-state index contributed by atoms with van der Waals surface area (Å²) in [7, 11) is 0. The molecule has 0 N–H and O–H groups in total. The first-order valence-electron chi connectivity index (χ1n) is 20.6. The van der Waals surface area contributed by atoms with Crippen molar-refractivity contribution in [3.8, 4) is 0 Å². The molecule has 0 aromatic heterocycles. The van der Waals surface area contributed by atoms with Gasteiger partial charge >= 0.3 is 0 Å². The van der Waals surface area contributed by atoms with Gasteiger partial charge in [0.05, 0.1) is 0 Å². The van der Waals surface area contributed by atoms with Crippen molar-refractivity contribution in [2.45, 2.75) is 194 Å². The highest BCUT2D eigenvalue weighted by Gasteiger charge is 2.34. The zero-order chi connectivity index (χ0) is 28.7. The highest BCUT2D eigenvalue weighted by molar-refractivity contribution is 4.86. The third-order valence-corrected chi connectivity index (χ3v) is 15.7. The van der Waals surface area contributed by atoms with E-state index < -0.39 is 0 Å². The van der Waals surface area contributed by atoms with Crippen molar-refractivity contribution in [2.24, 2.45) is 71.0 Å². The normalized spacial score (nSPS) is 45.9. The lowest BCUT2D eigenvalue weighted by molar-refractivity contribution is 0.122. The van der Waals surface area contributed by atoms with Gasteiger partial charge in [0.2, 0.25) is 0 Å². The van der Waals surface area contributed by atoms with E-state index in [4.69, 9.17) is 0 Å². The molecule has 0 atom stereocenters.